The molecule has 0 N–H and O–H groups in total. The zero-order valence-electron chi connectivity index (χ0n) is 13.0. The molecule has 116 valence electrons. The van der Waals surface area contributed by atoms with Crippen LogP contribution in [-0.4, -0.2) is 38.4 Å². The van der Waals surface area contributed by atoms with Crippen LogP contribution in [0.5, 0.6) is 0 Å². The van der Waals surface area contributed by atoms with Crippen molar-refractivity contribution in [3.05, 3.63) is 11.5 Å². The predicted octanol–water partition coefficient (Wildman–Crippen LogP) is 2.85. The Morgan fingerprint density at radius 1 is 1.38 bits per heavy atom. The minimum Gasteiger partial charge on any atom is -0.379 e. The molecule has 1 aliphatic rings. The van der Waals surface area contributed by atoms with Gasteiger partial charge in [-0.3, -0.25) is 4.68 Å². The molecule has 2 atom stereocenters. The highest BCUT2D eigenvalue weighted by atomic mass is 35.5. The molecule has 5 nitrogen and oxygen atoms in total. The maximum atomic E-state index is 5.99. The second-order valence-corrected chi connectivity index (χ2v) is 6.08. The number of nitrogens with zero attached hydrogens (tertiary/aromatic N) is 4. The molecule has 0 spiro atoms. The Bertz CT molecular complexity index is 633. The van der Waals surface area contributed by atoms with Crippen LogP contribution in [-0.2, 0) is 24.6 Å². The number of alkyl halides is 1. The summed E-state index contributed by atoms with van der Waals surface area (Å²) in [6.07, 6.45) is 5.38. The van der Waals surface area contributed by atoms with E-state index in [0.29, 0.717) is 11.9 Å². The number of imidazole rings is 1. The average Bonchev–Trinajstić information content (AvgIpc) is 3.14. The van der Waals surface area contributed by atoms with Crippen molar-refractivity contribution in [1.82, 2.24) is 19.3 Å². The molecule has 1 aliphatic carbocycles. The van der Waals surface area contributed by atoms with Crippen LogP contribution in [0, 0.1) is 0 Å². The van der Waals surface area contributed by atoms with Gasteiger partial charge in [-0.2, -0.15) is 5.10 Å². The molecule has 0 bridgehead atoms. The van der Waals surface area contributed by atoms with E-state index < -0.39 is 0 Å². The SMILES string of the molecule is CCc1nn(C)c2c1nc(CCCl)n2C1CCCC1OC. The first-order valence-corrected chi connectivity index (χ1v) is 8.26. The summed E-state index contributed by atoms with van der Waals surface area (Å²) in [5.74, 6) is 1.65. The molecule has 2 aromatic rings. The molecule has 2 heterocycles. The summed E-state index contributed by atoms with van der Waals surface area (Å²) < 4.78 is 9.99. The first-order chi connectivity index (χ1) is 10.2. The van der Waals surface area contributed by atoms with Crippen molar-refractivity contribution in [2.75, 3.05) is 13.0 Å². The number of halogens is 1. The minimum atomic E-state index is 0.261. The van der Waals surface area contributed by atoms with Crippen molar-refractivity contribution in [2.24, 2.45) is 7.05 Å². The van der Waals surface area contributed by atoms with Gasteiger partial charge in [0.05, 0.1) is 17.8 Å². The third-order valence-corrected chi connectivity index (χ3v) is 4.70. The lowest BCUT2D eigenvalue weighted by Crippen LogP contribution is -2.23. The number of ether oxygens (including phenoxy) is 1. The van der Waals surface area contributed by atoms with E-state index in [2.05, 4.69) is 16.6 Å². The number of methoxy groups -OCH3 is 1. The summed E-state index contributed by atoms with van der Waals surface area (Å²) in [6.45, 7) is 2.12. The van der Waals surface area contributed by atoms with Crippen molar-refractivity contribution < 1.29 is 4.74 Å². The highest BCUT2D eigenvalue weighted by molar-refractivity contribution is 6.17. The van der Waals surface area contributed by atoms with Crippen LogP contribution in [0.1, 0.15) is 43.7 Å². The zero-order chi connectivity index (χ0) is 15.0. The van der Waals surface area contributed by atoms with Gasteiger partial charge in [0.15, 0.2) is 5.65 Å². The standard InChI is InChI=1S/C15H23ClN4O/c1-4-10-14-15(19(2)18-10)20(13(17-14)8-9-16)11-6-5-7-12(11)21-3/h11-12H,4-9H2,1-3H3. The van der Waals surface area contributed by atoms with E-state index in [1.807, 2.05) is 11.7 Å². The number of hydrogen-bond acceptors (Lipinski definition) is 3. The molecule has 0 aliphatic heterocycles. The van der Waals surface area contributed by atoms with Crippen LogP contribution in [0.2, 0.25) is 0 Å². The second kappa shape index (κ2) is 5.97. The molecule has 6 heteroatoms. The fourth-order valence-electron chi connectivity index (χ4n) is 3.57. The molecule has 0 radical (unpaired) electrons. The van der Waals surface area contributed by atoms with Crippen LogP contribution >= 0.6 is 11.6 Å². The van der Waals surface area contributed by atoms with Crippen LogP contribution in [0.25, 0.3) is 11.2 Å². The van der Waals surface area contributed by atoms with Gasteiger partial charge < -0.3 is 9.30 Å². The number of rotatable bonds is 5. The lowest BCUT2D eigenvalue weighted by Gasteiger charge is -2.22. The smallest absolute Gasteiger partial charge is 0.159 e. The summed E-state index contributed by atoms with van der Waals surface area (Å²) in [5.41, 5.74) is 3.21. The first kappa shape index (κ1) is 14.9. The molecule has 0 amide bonds. The van der Waals surface area contributed by atoms with E-state index in [9.17, 15) is 0 Å². The van der Waals surface area contributed by atoms with Crippen molar-refractivity contribution in [2.45, 2.75) is 51.2 Å². The third kappa shape index (κ3) is 2.36. The fourth-order valence-corrected chi connectivity index (χ4v) is 3.74. The molecule has 0 aromatic carbocycles. The summed E-state index contributed by atoms with van der Waals surface area (Å²) in [5, 5.41) is 4.61. The molecule has 2 aromatic heterocycles. The molecule has 21 heavy (non-hydrogen) atoms. The second-order valence-electron chi connectivity index (χ2n) is 5.71. The first-order valence-electron chi connectivity index (χ1n) is 7.72. The van der Waals surface area contributed by atoms with Crippen molar-refractivity contribution in [1.29, 1.82) is 0 Å². The van der Waals surface area contributed by atoms with E-state index in [-0.39, 0.29) is 6.10 Å². The van der Waals surface area contributed by atoms with Crippen LogP contribution in [0.15, 0.2) is 0 Å². The van der Waals surface area contributed by atoms with E-state index in [1.54, 1.807) is 7.11 Å². The predicted molar refractivity (Wildman–Crippen MR) is 84.0 cm³/mol. The van der Waals surface area contributed by atoms with Gasteiger partial charge >= 0.3 is 0 Å². The topological polar surface area (TPSA) is 44.9 Å². The average molecular weight is 311 g/mol. The molecule has 2 unspecified atom stereocenters. The Hall–Kier alpha value is -1.07. The molecule has 0 saturated heterocycles. The van der Waals surface area contributed by atoms with Crippen molar-refractivity contribution in [3.8, 4) is 0 Å². The summed E-state index contributed by atoms with van der Waals surface area (Å²) in [7, 11) is 3.81. The maximum absolute atomic E-state index is 5.99. The van der Waals surface area contributed by atoms with Gasteiger partial charge in [0.25, 0.3) is 0 Å². The Kier molecular flexibility index (Phi) is 4.22. The van der Waals surface area contributed by atoms with Gasteiger partial charge in [-0.25, -0.2) is 4.98 Å². The largest absolute Gasteiger partial charge is 0.379 e. The monoisotopic (exact) mass is 310 g/mol. The van der Waals surface area contributed by atoms with E-state index in [1.165, 1.54) is 6.42 Å². The highest BCUT2D eigenvalue weighted by Crippen LogP contribution is 2.36. The Morgan fingerprint density at radius 3 is 2.86 bits per heavy atom. The molecule has 3 rings (SSSR count). The van der Waals surface area contributed by atoms with E-state index >= 15 is 0 Å². The quantitative estimate of drug-likeness (QED) is 0.798. The number of aromatic nitrogens is 4. The van der Waals surface area contributed by atoms with Gasteiger partial charge in [-0.05, 0) is 25.7 Å². The van der Waals surface area contributed by atoms with Gasteiger partial charge in [0.2, 0.25) is 0 Å². The van der Waals surface area contributed by atoms with Crippen LogP contribution in [0.4, 0.5) is 0 Å². The van der Waals surface area contributed by atoms with E-state index in [0.717, 1.165) is 48.4 Å². The number of fused-ring (bicyclic) bond motifs is 1. The number of aryl methyl sites for hydroxylation is 3. The maximum Gasteiger partial charge on any atom is 0.159 e. The Balaban J connectivity index is 2.18. The normalized spacial score (nSPS) is 22.5. The Morgan fingerprint density at radius 2 is 2.19 bits per heavy atom. The molecular formula is C15H23ClN4O. The van der Waals surface area contributed by atoms with Crippen LogP contribution in [0.3, 0.4) is 0 Å². The highest BCUT2D eigenvalue weighted by Gasteiger charge is 2.33. The van der Waals surface area contributed by atoms with E-state index in [4.69, 9.17) is 21.3 Å². The van der Waals surface area contributed by atoms with Gasteiger partial charge in [0, 0.05) is 26.5 Å². The zero-order valence-corrected chi connectivity index (χ0v) is 13.7. The third-order valence-electron chi connectivity index (χ3n) is 4.51. The fraction of sp³-hybridized carbons (Fsp3) is 0.733. The number of hydrogen-bond donors (Lipinski definition) is 0. The van der Waals surface area contributed by atoms with Crippen molar-refractivity contribution >= 4 is 22.8 Å². The summed E-state index contributed by atoms with van der Waals surface area (Å²) in [6, 6.07) is 0.346. The minimum absolute atomic E-state index is 0.261. The van der Waals surface area contributed by atoms with Gasteiger partial charge in [-0.15, -0.1) is 11.6 Å². The van der Waals surface area contributed by atoms with Gasteiger partial charge in [0.1, 0.15) is 11.3 Å². The summed E-state index contributed by atoms with van der Waals surface area (Å²) >= 11 is 5.99. The molecule has 1 fully saturated rings. The van der Waals surface area contributed by atoms with Crippen LogP contribution < -0.4 is 0 Å². The van der Waals surface area contributed by atoms with Gasteiger partial charge in [-0.1, -0.05) is 6.92 Å². The molecular weight excluding hydrogens is 288 g/mol. The lowest BCUT2D eigenvalue weighted by atomic mass is 10.2. The Labute approximate surface area is 130 Å². The van der Waals surface area contributed by atoms with Crippen molar-refractivity contribution in [3.63, 3.8) is 0 Å². The summed E-state index contributed by atoms with van der Waals surface area (Å²) in [4.78, 5) is 4.85. The molecule has 1 saturated carbocycles. The lowest BCUT2D eigenvalue weighted by molar-refractivity contribution is 0.0750.